The number of aromatic nitrogens is 3. The van der Waals surface area contributed by atoms with Crippen molar-refractivity contribution >= 4 is 39.5 Å². The third-order valence-electron chi connectivity index (χ3n) is 5.42. The highest BCUT2D eigenvalue weighted by Crippen LogP contribution is 2.20. The van der Waals surface area contributed by atoms with Gasteiger partial charge < -0.3 is 9.80 Å². The van der Waals surface area contributed by atoms with E-state index in [4.69, 9.17) is 0 Å². The average molecular weight is 414 g/mol. The second-order valence-corrected chi connectivity index (χ2v) is 7.33. The van der Waals surface area contributed by atoms with Gasteiger partial charge in [0.25, 0.3) is 11.6 Å². The second kappa shape index (κ2) is 7.60. The van der Waals surface area contributed by atoms with E-state index in [1.165, 1.54) is 12.3 Å². The fourth-order valence-corrected chi connectivity index (χ4v) is 3.75. The second-order valence-electron chi connectivity index (χ2n) is 7.33. The normalized spacial score (nSPS) is 14.2. The highest BCUT2D eigenvalue weighted by Gasteiger charge is 2.23. The summed E-state index contributed by atoms with van der Waals surface area (Å²) in [6, 6.07) is 16.2. The predicted molar refractivity (Wildman–Crippen MR) is 116 cm³/mol. The largest absolute Gasteiger partial charge is 0.353 e. The smallest absolute Gasteiger partial charge is 0.287 e. The van der Waals surface area contributed by atoms with Gasteiger partial charge in [0.05, 0.1) is 27.0 Å². The highest BCUT2D eigenvalue weighted by molar-refractivity contribution is 5.98. The van der Waals surface area contributed by atoms with Crippen molar-refractivity contribution < 1.29 is 9.72 Å². The quantitative estimate of drug-likeness (QED) is 0.288. The SMILES string of the molecule is O=C(c1ccc2nc3ccccc3nc2c1)N1CCN(c2ccc([N+](=O)[O-])cn2)CC1. The van der Waals surface area contributed by atoms with Gasteiger partial charge in [0.2, 0.25) is 0 Å². The maximum atomic E-state index is 13.0. The monoisotopic (exact) mass is 414 g/mol. The van der Waals surface area contributed by atoms with Crippen LogP contribution in [0.5, 0.6) is 0 Å². The molecule has 1 saturated heterocycles. The van der Waals surface area contributed by atoms with Crippen molar-refractivity contribution in [2.75, 3.05) is 31.1 Å². The Morgan fingerprint density at radius 1 is 0.871 bits per heavy atom. The molecule has 0 spiro atoms. The number of anilines is 1. The molecule has 1 aliphatic rings. The van der Waals surface area contributed by atoms with Crippen LogP contribution in [-0.2, 0) is 0 Å². The molecule has 4 aromatic rings. The fraction of sp³-hybridized carbons (Fsp3) is 0.182. The first-order valence-electron chi connectivity index (χ1n) is 9.90. The van der Waals surface area contributed by atoms with Crippen LogP contribution in [0.4, 0.5) is 11.5 Å². The lowest BCUT2D eigenvalue weighted by atomic mass is 10.1. The molecule has 0 radical (unpaired) electrons. The van der Waals surface area contributed by atoms with Gasteiger partial charge in [0.15, 0.2) is 0 Å². The molecule has 3 heterocycles. The molecule has 2 aromatic carbocycles. The highest BCUT2D eigenvalue weighted by atomic mass is 16.6. The molecule has 0 atom stereocenters. The number of nitro groups is 1. The number of fused-ring (bicyclic) bond motifs is 2. The number of benzene rings is 2. The van der Waals surface area contributed by atoms with Crippen molar-refractivity contribution in [2.45, 2.75) is 0 Å². The van der Waals surface area contributed by atoms with Crippen LogP contribution in [0.2, 0.25) is 0 Å². The first kappa shape index (κ1) is 18.9. The lowest BCUT2D eigenvalue weighted by Gasteiger charge is -2.35. The average Bonchev–Trinajstić information content (AvgIpc) is 2.82. The summed E-state index contributed by atoms with van der Waals surface area (Å²) in [7, 11) is 0. The molecular weight excluding hydrogens is 396 g/mol. The molecule has 154 valence electrons. The summed E-state index contributed by atoms with van der Waals surface area (Å²) in [6.07, 6.45) is 1.26. The molecule has 9 heteroatoms. The molecule has 2 aromatic heterocycles. The third kappa shape index (κ3) is 3.61. The maximum Gasteiger partial charge on any atom is 0.287 e. The Labute approximate surface area is 177 Å². The molecule has 0 saturated carbocycles. The van der Waals surface area contributed by atoms with Gasteiger partial charge in [-0.1, -0.05) is 12.1 Å². The van der Waals surface area contributed by atoms with Crippen LogP contribution in [0, 0.1) is 10.1 Å². The van der Waals surface area contributed by atoms with E-state index in [9.17, 15) is 14.9 Å². The van der Waals surface area contributed by atoms with E-state index >= 15 is 0 Å². The lowest BCUT2D eigenvalue weighted by molar-refractivity contribution is -0.385. The van der Waals surface area contributed by atoms with Gasteiger partial charge in [0.1, 0.15) is 12.0 Å². The standard InChI is InChI=1S/C22H18N6O3/c29-22(15-5-7-19-20(13-15)25-18-4-2-1-3-17(18)24-19)27-11-9-26(10-12-27)21-8-6-16(14-23-21)28(30)31/h1-8,13-14H,9-12H2. The summed E-state index contributed by atoms with van der Waals surface area (Å²) < 4.78 is 0. The molecule has 0 N–H and O–H groups in total. The molecule has 5 rings (SSSR count). The van der Waals surface area contributed by atoms with Gasteiger partial charge >= 0.3 is 0 Å². The van der Waals surface area contributed by atoms with Gasteiger partial charge in [-0.15, -0.1) is 0 Å². The summed E-state index contributed by atoms with van der Waals surface area (Å²) in [5.74, 6) is 0.624. The van der Waals surface area contributed by atoms with Gasteiger partial charge in [-0.05, 0) is 36.4 Å². The van der Waals surface area contributed by atoms with Crippen molar-refractivity contribution in [2.24, 2.45) is 0 Å². The third-order valence-corrected chi connectivity index (χ3v) is 5.42. The summed E-state index contributed by atoms with van der Waals surface area (Å²) in [4.78, 5) is 40.6. The van der Waals surface area contributed by atoms with E-state index in [1.54, 1.807) is 23.1 Å². The maximum absolute atomic E-state index is 13.0. The van der Waals surface area contributed by atoms with Crippen LogP contribution in [0.3, 0.4) is 0 Å². The van der Waals surface area contributed by atoms with E-state index < -0.39 is 4.92 Å². The van der Waals surface area contributed by atoms with Gasteiger partial charge in [-0.25, -0.2) is 15.0 Å². The Balaban J connectivity index is 1.31. The first-order chi connectivity index (χ1) is 15.1. The molecule has 0 unspecified atom stereocenters. The number of piperazine rings is 1. The number of carbonyl (C=O) groups is 1. The lowest BCUT2D eigenvalue weighted by Crippen LogP contribution is -2.49. The van der Waals surface area contributed by atoms with Crippen LogP contribution >= 0.6 is 0 Å². The Kier molecular flexibility index (Phi) is 4.62. The van der Waals surface area contributed by atoms with E-state index in [1.807, 2.05) is 35.2 Å². The molecule has 9 nitrogen and oxygen atoms in total. The number of hydrogen-bond acceptors (Lipinski definition) is 7. The van der Waals surface area contributed by atoms with Crippen molar-refractivity contribution in [3.63, 3.8) is 0 Å². The molecule has 31 heavy (non-hydrogen) atoms. The number of rotatable bonds is 3. The number of carbonyl (C=O) groups excluding carboxylic acids is 1. The number of para-hydroxylation sites is 2. The molecule has 1 amide bonds. The van der Waals surface area contributed by atoms with Gasteiger partial charge in [-0.2, -0.15) is 0 Å². The first-order valence-corrected chi connectivity index (χ1v) is 9.90. The van der Waals surface area contributed by atoms with E-state index in [0.717, 1.165) is 16.6 Å². The minimum Gasteiger partial charge on any atom is -0.353 e. The van der Waals surface area contributed by atoms with Crippen LogP contribution in [0.25, 0.3) is 22.1 Å². The van der Waals surface area contributed by atoms with Crippen molar-refractivity contribution in [1.82, 2.24) is 19.9 Å². The molecule has 0 aliphatic carbocycles. The molecule has 0 bridgehead atoms. The van der Waals surface area contributed by atoms with Gasteiger partial charge in [0, 0.05) is 37.8 Å². The Morgan fingerprint density at radius 3 is 2.19 bits per heavy atom. The zero-order valence-corrected chi connectivity index (χ0v) is 16.5. The predicted octanol–water partition coefficient (Wildman–Crippen LogP) is 3.05. The minimum atomic E-state index is -0.468. The topological polar surface area (TPSA) is 105 Å². The van der Waals surface area contributed by atoms with E-state index in [-0.39, 0.29) is 11.6 Å². The summed E-state index contributed by atoms with van der Waals surface area (Å²) in [5.41, 5.74) is 3.61. The zero-order valence-electron chi connectivity index (χ0n) is 16.5. The van der Waals surface area contributed by atoms with Crippen LogP contribution in [0.1, 0.15) is 10.4 Å². The zero-order chi connectivity index (χ0) is 21.4. The van der Waals surface area contributed by atoms with Crippen molar-refractivity contribution in [3.8, 4) is 0 Å². The number of nitrogens with zero attached hydrogens (tertiary/aromatic N) is 6. The summed E-state index contributed by atoms with van der Waals surface area (Å²) >= 11 is 0. The molecule has 1 aliphatic heterocycles. The Morgan fingerprint density at radius 2 is 1.55 bits per heavy atom. The number of hydrogen-bond donors (Lipinski definition) is 0. The number of amides is 1. The van der Waals surface area contributed by atoms with Gasteiger partial charge in [-0.3, -0.25) is 14.9 Å². The van der Waals surface area contributed by atoms with Crippen LogP contribution in [0.15, 0.2) is 60.8 Å². The Bertz CT molecular complexity index is 1300. The fourth-order valence-electron chi connectivity index (χ4n) is 3.75. The van der Waals surface area contributed by atoms with Crippen LogP contribution < -0.4 is 4.90 Å². The molecule has 1 fully saturated rings. The van der Waals surface area contributed by atoms with Crippen molar-refractivity contribution in [3.05, 3.63) is 76.5 Å². The molecular formula is C22H18N6O3. The summed E-state index contributed by atoms with van der Waals surface area (Å²) in [6.45, 7) is 2.29. The number of pyridine rings is 1. The van der Waals surface area contributed by atoms with E-state index in [2.05, 4.69) is 15.0 Å². The van der Waals surface area contributed by atoms with E-state index in [0.29, 0.717) is 43.1 Å². The minimum absolute atomic E-state index is 0.0373. The summed E-state index contributed by atoms with van der Waals surface area (Å²) in [5, 5.41) is 10.8. The Hall–Kier alpha value is -4.14. The van der Waals surface area contributed by atoms with Crippen molar-refractivity contribution in [1.29, 1.82) is 0 Å². The van der Waals surface area contributed by atoms with Crippen LogP contribution in [-0.4, -0.2) is 56.9 Å².